The molecule has 1 unspecified atom stereocenters. The van der Waals surface area contributed by atoms with Gasteiger partial charge in [0.15, 0.2) is 0 Å². The Hall–Kier alpha value is -0.610. The molecule has 0 aromatic carbocycles. The van der Waals surface area contributed by atoms with Gasteiger partial charge in [-0.2, -0.15) is 0 Å². The number of carboxylic acids is 1. The molecule has 4 nitrogen and oxygen atoms in total. The fourth-order valence-corrected chi connectivity index (χ4v) is 2.90. The standard InChI is InChI=1S/C16H31NO3/c1-3-4-5-6-7-8-14(2)17-11-9-15(10-12-17)20-13-16(18)19/h14-15H,3-13H2,1-2H3,(H,18,19). The van der Waals surface area contributed by atoms with Crippen LogP contribution < -0.4 is 0 Å². The van der Waals surface area contributed by atoms with Gasteiger partial charge in [-0.1, -0.05) is 39.0 Å². The minimum absolute atomic E-state index is 0.138. The molecule has 1 fully saturated rings. The molecule has 0 bridgehead atoms. The summed E-state index contributed by atoms with van der Waals surface area (Å²) in [5, 5.41) is 8.61. The molecule has 0 aromatic rings. The van der Waals surface area contributed by atoms with Crippen molar-refractivity contribution in [2.75, 3.05) is 19.7 Å². The Kier molecular flexibility index (Phi) is 8.86. The molecule has 4 heteroatoms. The first-order valence-corrected chi connectivity index (χ1v) is 8.21. The number of ether oxygens (including phenoxy) is 1. The number of rotatable bonds is 10. The summed E-state index contributed by atoms with van der Waals surface area (Å²) in [5.74, 6) is -0.868. The number of likely N-dealkylation sites (tertiary alicyclic amines) is 1. The van der Waals surface area contributed by atoms with Gasteiger partial charge in [-0.25, -0.2) is 4.79 Å². The smallest absolute Gasteiger partial charge is 0.329 e. The van der Waals surface area contributed by atoms with Gasteiger partial charge in [0.2, 0.25) is 0 Å². The highest BCUT2D eigenvalue weighted by Crippen LogP contribution is 2.19. The van der Waals surface area contributed by atoms with Crippen molar-refractivity contribution in [3.05, 3.63) is 0 Å². The van der Waals surface area contributed by atoms with Crippen molar-refractivity contribution in [1.29, 1.82) is 0 Å². The van der Waals surface area contributed by atoms with Gasteiger partial charge in [0.05, 0.1) is 6.10 Å². The number of nitrogens with zero attached hydrogens (tertiary/aromatic N) is 1. The quantitative estimate of drug-likeness (QED) is 0.626. The second-order valence-corrected chi connectivity index (χ2v) is 5.99. The predicted molar refractivity (Wildman–Crippen MR) is 81.0 cm³/mol. The number of carboxylic acid groups (broad SMARTS) is 1. The molecule has 0 aliphatic carbocycles. The third-order valence-corrected chi connectivity index (χ3v) is 4.27. The largest absolute Gasteiger partial charge is 0.480 e. The molecule has 1 aliphatic heterocycles. The summed E-state index contributed by atoms with van der Waals surface area (Å²) in [6.07, 6.45) is 10.1. The molecule has 118 valence electrons. The van der Waals surface area contributed by atoms with Crippen molar-refractivity contribution < 1.29 is 14.6 Å². The highest BCUT2D eigenvalue weighted by Gasteiger charge is 2.23. The van der Waals surface area contributed by atoms with Gasteiger partial charge in [0.1, 0.15) is 6.61 Å². The molecular weight excluding hydrogens is 254 g/mol. The van der Waals surface area contributed by atoms with E-state index < -0.39 is 5.97 Å². The van der Waals surface area contributed by atoms with E-state index in [4.69, 9.17) is 9.84 Å². The van der Waals surface area contributed by atoms with Crippen LogP contribution in [0.5, 0.6) is 0 Å². The van der Waals surface area contributed by atoms with E-state index in [1.165, 1.54) is 38.5 Å². The zero-order valence-electron chi connectivity index (χ0n) is 13.1. The molecule has 0 spiro atoms. The molecule has 20 heavy (non-hydrogen) atoms. The third-order valence-electron chi connectivity index (χ3n) is 4.27. The Labute approximate surface area is 123 Å². The number of carbonyl (C=O) groups is 1. The molecule has 0 radical (unpaired) electrons. The van der Waals surface area contributed by atoms with Crippen molar-refractivity contribution in [3.63, 3.8) is 0 Å². The van der Waals surface area contributed by atoms with Crippen LogP contribution in [0.25, 0.3) is 0 Å². The van der Waals surface area contributed by atoms with Crippen molar-refractivity contribution in [3.8, 4) is 0 Å². The first kappa shape index (κ1) is 17.4. The summed E-state index contributed by atoms with van der Waals surface area (Å²) < 4.78 is 5.37. The average Bonchev–Trinajstić information content (AvgIpc) is 2.45. The second kappa shape index (κ2) is 10.2. The molecule has 1 rings (SSSR count). The van der Waals surface area contributed by atoms with E-state index >= 15 is 0 Å². The van der Waals surface area contributed by atoms with Crippen LogP contribution >= 0.6 is 0 Å². The molecule has 0 amide bonds. The molecule has 1 aliphatic rings. The maximum absolute atomic E-state index is 10.5. The van der Waals surface area contributed by atoms with E-state index in [1.807, 2.05) is 0 Å². The van der Waals surface area contributed by atoms with Crippen LogP contribution in [-0.4, -0.2) is 47.8 Å². The van der Waals surface area contributed by atoms with E-state index in [9.17, 15) is 4.79 Å². The molecule has 1 heterocycles. The number of hydrogen-bond acceptors (Lipinski definition) is 3. The maximum atomic E-state index is 10.5. The SMILES string of the molecule is CCCCCCCC(C)N1CCC(OCC(=O)O)CC1. The summed E-state index contributed by atoms with van der Waals surface area (Å²) in [4.78, 5) is 13.0. The van der Waals surface area contributed by atoms with Gasteiger partial charge in [0, 0.05) is 19.1 Å². The fraction of sp³-hybridized carbons (Fsp3) is 0.938. The third kappa shape index (κ3) is 7.25. The molecule has 0 aromatic heterocycles. The lowest BCUT2D eigenvalue weighted by Gasteiger charge is -2.35. The number of piperidine rings is 1. The highest BCUT2D eigenvalue weighted by molar-refractivity contribution is 5.68. The van der Waals surface area contributed by atoms with Crippen LogP contribution in [0.1, 0.15) is 65.2 Å². The minimum Gasteiger partial charge on any atom is -0.480 e. The van der Waals surface area contributed by atoms with Gasteiger partial charge < -0.3 is 14.7 Å². The molecular formula is C16H31NO3. The van der Waals surface area contributed by atoms with E-state index in [-0.39, 0.29) is 12.7 Å². The summed E-state index contributed by atoms with van der Waals surface area (Å²) in [7, 11) is 0. The van der Waals surface area contributed by atoms with Gasteiger partial charge >= 0.3 is 5.97 Å². The van der Waals surface area contributed by atoms with Crippen molar-refractivity contribution in [1.82, 2.24) is 4.90 Å². The Morgan fingerprint density at radius 1 is 1.25 bits per heavy atom. The normalized spacial score (nSPS) is 19.1. The molecule has 1 atom stereocenters. The van der Waals surface area contributed by atoms with E-state index in [2.05, 4.69) is 18.7 Å². The van der Waals surface area contributed by atoms with E-state index in [1.54, 1.807) is 0 Å². The number of aliphatic carboxylic acids is 1. The Morgan fingerprint density at radius 2 is 1.90 bits per heavy atom. The van der Waals surface area contributed by atoms with Crippen LogP contribution in [0.15, 0.2) is 0 Å². The average molecular weight is 285 g/mol. The van der Waals surface area contributed by atoms with Crippen LogP contribution in [0.4, 0.5) is 0 Å². The Morgan fingerprint density at radius 3 is 2.50 bits per heavy atom. The van der Waals surface area contributed by atoms with E-state index in [0.717, 1.165) is 25.9 Å². The zero-order chi connectivity index (χ0) is 14.8. The molecule has 1 N–H and O–H groups in total. The predicted octanol–water partition coefficient (Wildman–Crippen LogP) is 3.30. The summed E-state index contributed by atoms with van der Waals surface area (Å²) in [5.41, 5.74) is 0. The van der Waals surface area contributed by atoms with Crippen LogP contribution in [0, 0.1) is 0 Å². The summed E-state index contributed by atoms with van der Waals surface area (Å²) in [6.45, 7) is 6.50. The maximum Gasteiger partial charge on any atom is 0.329 e. The van der Waals surface area contributed by atoms with Crippen molar-refractivity contribution in [2.45, 2.75) is 77.4 Å². The Bertz CT molecular complexity index is 262. The van der Waals surface area contributed by atoms with Gasteiger partial charge in [-0.15, -0.1) is 0 Å². The lowest BCUT2D eigenvalue weighted by atomic mass is 10.0. The summed E-state index contributed by atoms with van der Waals surface area (Å²) >= 11 is 0. The Balaban J connectivity index is 2.09. The lowest BCUT2D eigenvalue weighted by Crippen LogP contribution is -2.42. The fourth-order valence-electron chi connectivity index (χ4n) is 2.90. The molecule has 0 saturated carbocycles. The van der Waals surface area contributed by atoms with Crippen molar-refractivity contribution >= 4 is 5.97 Å². The first-order chi connectivity index (χ1) is 9.63. The van der Waals surface area contributed by atoms with Crippen molar-refractivity contribution in [2.24, 2.45) is 0 Å². The monoisotopic (exact) mass is 285 g/mol. The first-order valence-electron chi connectivity index (χ1n) is 8.21. The zero-order valence-corrected chi connectivity index (χ0v) is 13.1. The topological polar surface area (TPSA) is 49.8 Å². The van der Waals surface area contributed by atoms with Crippen LogP contribution in [0.2, 0.25) is 0 Å². The number of hydrogen-bond donors (Lipinski definition) is 1. The molecule has 1 saturated heterocycles. The summed E-state index contributed by atoms with van der Waals surface area (Å²) in [6, 6.07) is 0.650. The van der Waals surface area contributed by atoms with Gasteiger partial charge in [-0.05, 0) is 26.2 Å². The lowest BCUT2D eigenvalue weighted by molar-refractivity contribution is -0.145. The second-order valence-electron chi connectivity index (χ2n) is 5.99. The van der Waals surface area contributed by atoms with Crippen LogP contribution in [-0.2, 0) is 9.53 Å². The number of unbranched alkanes of at least 4 members (excludes halogenated alkanes) is 4. The van der Waals surface area contributed by atoms with Crippen LogP contribution in [0.3, 0.4) is 0 Å². The highest BCUT2D eigenvalue weighted by atomic mass is 16.5. The minimum atomic E-state index is -0.868. The van der Waals surface area contributed by atoms with E-state index in [0.29, 0.717) is 6.04 Å². The van der Waals surface area contributed by atoms with Gasteiger partial charge in [-0.3, -0.25) is 0 Å². The van der Waals surface area contributed by atoms with Gasteiger partial charge in [0.25, 0.3) is 0 Å².